The zero-order valence-electron chi connectivity index (χ0n) is 10.1. The van der Waals surface area contributed by atoms with Crippen molar-refractivity contribution in [3.05, 3.63) is 29.3 Å². The van der Waals surface area contributed by atoms with Gasteiger partial charge in [-0.25, -0.2) is 4.79 Å². The standard InChI is InChI=1S/C12H10F3NO3S/c13-12(14,15)7-5-6(10(16)20)1-2-8(7)19-9-3-4-18-11(9)17/h1-2,5,9H,3-4H2,(H2,16,20). The van der Waals surface area contributed by atoms with E-state index in [1.54, 1.807) is 0 Å². The lowest BCUT2D eigenvalue weighted by atomic mass is 10.1. The largest absolute Gasteiger partial charge is 0.478 e. The smallest absolute Gasteiger partial charge is 0.419 e. The predicted molar refractivity (Wildman–Crippen MR) is 67.3 cm³/mol. The molecule has 1 aromatic carbocycles. The number of ether oxygens (including phenoxy) is 2. The van der Waals surface area contributed by atoms with Crippen molar-refractivity contribution in [2.75, 3.05) is 6.61 Å². The summed E-state index contributed by atoms with van der Waals surface area (Å²) in [5.74, 6) is -1.11. The van der Waals surface area contributed by atoms with E-state index in [0.717, 1.165) is 12.1 Å². The molecule has 0 aliphatic carbocycles. The highest BCUT2D eigenvalue weighted by atomic mass is 32.1. The number of thiocarbonyl (C=S) groups is 1. The van der Waals surface area contributed by atoms with Crippen LogP contribution in [0.3, 0.4) is 0 Å². The average molecular weight is 305 g/mol. The zero-order chi connectivity index (χ0) is 14.9. The molecule has 2 N–H and O–H groups in total. The first-order valence-corrected chi connectivity index (χ1v) is 6.04. The molecule has 0 bridgehead atoms. The normalized spacial score (nSPS) is 18.8. The maximum Gasteiger partial charge on any atom is 0.419 e. The van der Waals surface area contributed by atoms with E-state index in [-0.39, 0.29) is 23.6 Å². The summed E-state index contributed by atoms with van der Waals surface area (Å²) in [6.07, 6.45) is -5.45. The summed E-state index contributed by atoms with van der Waals surface area (Å²) in [4.78, 5) is 11.1. The minimum absolute atomic E-state index is 0.0775. The second-order valence-electron chi connectivity index (χ2n) is 4.14. The molecule has 0 spiro atoms. The summed E-state index contributed by atoms with van der Waals surface area (Å²) in [5, 5.41) is 0. The number of halogens is 3. The van der Waals surface area contributed by atoms with Gasteiger partial charge in [0.15, 0.2) is 6.10 Å². The molecule has 8 heteroatoms. The Bertz CT molecular complexity index is 559. The highest BCUT2D eigenvalue weighted by Crippen LogP contribution is 2.37. The Hall–Kier alpha value is -1.83. The fourth-order valence-electron chi connectivity index (χ4n) is 1.75. The maximum absolute atomic E-state index is 13.0. The van der Waals surface area contributed by atoms with E-state index >= 15 is 0 Å². The molecule has 1 saturated heterocycles. The second-order valence-corrected chi connectivity index (χ2v) is 4.58. The Labute approximate surface area is 117 Å². The molecule has 1 atom stereocenters. The first-order valence-electron chi connectivity index (χ1n) is 5.63. The van der Waals surface area contributed by atoms with Crippen LogP contribution in [-0.4, -0.2) is 23.7 Å². The number of alkyl halides is 3. The summed E-state index contributed by atoms with van der Waals surface area (Å²) in [6.45, 7) is 0.135. The average Bonchev–Trinajstić information content (AvgIpc) is 2.74. The topological polar surface area (TPSA) is 61.6 Å². The minimum Gasteiger partial charge on any atom is -0.478 e. The first kappa shape index (κ1) is 14.6. The van der Waals surface area contributed by atoms with E-state index in [2.05, 4.69) is 17.0 Å². The van der Waals surface area contributed by atoms with Gasteiger partial charge in [-0.05, 0) is 18.2 Å². The van der Waals surface area contributed by atoms with Crippen LogP contribution in [0.5, 0.6) is 5.75 Å². The Balaban J connectivity index is 2.36. The van der Waals surface area contributed by atoms with Crippen LogP contribution in [0, 0.1) is 0 Å². The van der Waals surface area contributed by atoms with Crippen LogP contribution in [0.15, 0.2) is 18.2 Å². The Kier molecular flexibility index (Phi) is 3.85. The lowest BCUT2D eigenvalue weighted by Gasteiger charge is -2.17. The van der Waals surface area contributed by atoms with Gasteiger partial charge in [-0.2, -0.15) is 13.2 Å². The molecular formula is C12H10F3NO3S. The molecule has 0 saturated carbocycles. The molecule has 1 aliphatic heterocycles. The third-order valence-corrected chi connectivity index (χ3v) is 2.96. The van der Waals surface area contributed by atoms with Crippen molar-refractivity contribution in [1.82, 2.24) is 0 Å². The molecule has 0 amide bonds. The first-order chi connectivity index (χ1) is 9.29. The summed E-state index contributed by atoms with van der Waals surface area (Å²) in [5.41, 5.74) is 4.36. The molecule has 0 radical (unpaired) electrons. The van der Waals surface area contributed by atoms with Gasteiger partial charge in [-0.3, -0.25) is 0 Å². The molecule has 4 nitrogen and oxygen atoms in total. The van der Waals surface area contributed by atoms with Crippen LogP contribution in [-0.2, 0) is 15.7 Å². The minimum atomic E-state index is -4.64. The van der Waals surface area contributed by atoms with Crippen LogP contribution in [0.1, 0.15) is 17.5 Å². The van der Waals surface area contributed by atoms with E-state index in [9.17, 15) is 18.0 Å². The highest BCUT2D eigenvalue weighted by molar-refractivity contribution is 7.80. The number of carbonyl (C=O) groups is 1. The van der Waals surface area contributed by atoms with Crippen molar-refractivity contribution in [2.24, 2.45) is 5.73 Å². The maximum atomic E-state index is 13.0. The van der Waals surface area contributed by atoms with Gasteiger partial charge in [-0.1, -0.05) is 12.2 Å². The quantitative estimate of drug-likeness (QED) is 0.684. The van der Waals surface area contributed by atoms with E-state index in [0.29, 0.717) is 0 Å². The van der Waals surface area contributed by atoms with Crippen molar-refractivity contribution < 1.29 is 27.4 Å². The van der Waals surface area contributed by atoms with Crippen LogP contribution < -0.4 is 10.5 Å². The zero-order valence-corrected chi connectivity index (χ0v) is 10.9. The molecule has 2 rings (SSSR count). The lowest BCUT2D eigenvalue weighted by molar-refractivity contribution is -0.146. The van der Waals surface area contributed by atoms with Crippen molar-refractivity contribution in [3.63, 3.8) is 0 Å². The van der Waals surface area contributed by atoms with Crippen LogP contribution in [0.2, 0.25) is 0 Å². The van der Waals surface area contributed by atoms with Gasteiger partial charge in [0, 0.05) is 12.0 Å². The van der Waals surface area contributed by atoms with E-state index in [4.69, 9.17) is 10.5 Å². The summed E-state index contributed by atoms with van der Waals surface area (Å²) >= 11 is 4.65. The van der Waals surface area contributed by atoms with E-state index in [1.807, 2.05) is 0 Å². The van der Waals surface area contributed by atoms with E-state index < -0.39 is 29.6 Å². The number of nitrogens with two attached hydrogens (primary N) is 1. The third kappa shape index (κ3) is 3.01. The fraction of sp³-hybridized carbons (Fsp3) is 0.333. The van der Waals surface area contributed by atoms with E-state index in [1.165, 1.54) is 6.07 Å². The number of hydrogen-bond acceptors (Lipinski definition) is 4. The number of cyclic esters (lactones) is 1. The predicted octanol–water partition coefficient (Wildman–Crippen LogP) is 2.03. The van der Waals surface area contributed by atoms with Gasteiger partial charge in [0.2, 0.25) is 0 Å². The molecule has 1 heterocycles. The molecule has 20 heavy (non-hydrogen) atoms. The molecule has 1 aromatic rings. The molecular weight excluding hydrogens is 295 g/mol. The van der Waals surface area contributed by atoms with Crippen molar-refractivity contribution >= 4 is 23.2 Å². The molecule has 108 valence electrons. The number of hydrogen-bond donors (Lipinski definition) is 1. The number of esters is 1. The molecule has 0 aromatic heterocycles. The number of benzene rings is 1. The number of rotatable bonds is 3. The fourth-order valence-corrected chi connectivity index (χ4v) is 1.87. The number of carbonyl (C=O) groups excluding carboxylic acids is 1. The van der Waals surface area contributed by atoms with Crippen molar-refractivity contribution in [1.29, 1.82) is 0 Å². The summed E-state index contributed by atoms with van der Waals surface area (Å²) in [7, 11) is 0. The molecule has 1 aliphatic rings. The third-order valence-electron chi connectivity index (χ3n) is 2.73. The van der Waals surface area contributed by atoms with Gasteiger partial charge in [-0.15, -0.1) is 0 Å². The molecule has 1 unspecified atom stereocenters. The second kappa shape index (κ2) is 5.28. The SMILES string of the molecule is NC(=S)c1ccc(OC2CCOC2=O)c(C(F)(F)F)c1. The van der Waals surface area contributed by atoms with Crippen LogP contribution in [0.4, 0.5) is 13.2 Å². The van der Waals surface area contributed by atoms with Crippen molar-refractivity contribution in [3.8, 4) is 5.75 Å². The Morgan fingerprint density at radius 1 is 1.45 bits per heavy atom. The van der Waals surface area contributed by atoms with Gasteiger partial charge in [0.05, 0.1) is 12.2 Å². The Morgan fingerprint density at radius 2 is 2.15 bits per heavy atom. The van der Waals surface area contributed by atoms with Crippen molar-refractivity contribution in [2.45, 2.75) is 18.7 Å². The van der Waals surface area contributed by atoms with Gasteiger partial charge in [0.25, 0.3) is 0 Å². The molecule has 1 fully saturated rings. The van der Waals surface area contributed by atoms with Crippen LogP contribution >= 0.6 is 12.2 Å². The van der Waals surface area contributed by atoms with Crippen LogP contribution in [0.25, 0.3) is 0 Å². The van der Waals surface area contributed by atoms with Gasteiger partial charge < -0.3 is 15.2 Å². The highest BCUT2D eigenvalue weighted by Gasteiger charge is 2.37. The van der Waals surface area contributed by atoms with Gasteiger partial charge >= 0.3 is 12.1 Å². The van der Waals surface area contributed by atoms with Gasteiger partial charge in [0.1, 0.15) is 10.7 Å². The summed E-state index contributed by atoms with van der Waals surface area (Å²) in [6, 6.07) is 3.22. The monoisotopic (exact) mass is 305 g/mol. The lowest BCUT2D eigenvalue weighted by Crippen LogP contribution is -2.23. The summed E-state index contributed by atoms with van der Waals surface area (Å²) < 4.78 is 48.7. The Morgan fingerprint density at radius 3 is 2.65 bits per heavy atom.